The molecule has 2 aliphatic rings. The quantitative estimate of drug-likeness (QED) is 0.235. The first-order chi connectivity index (χ1) is 16.4. The Kier molecular flexibility index (Phi) is 8.02. The Morgan fingerprint density at radius 3 is 0.676 bits per heavy atom. The molecule has 0 saturated carbocycles. The van der Waals surface area contributed by atoms with E-state index >= 15 is 0 Å². The van der Waals surface area contributed by atoms with E-state index in [9.17, 15) is 0 Å². The van der Waals surface area contributed by atoms with Gasteiger partial charge in [-0.2, -0.15) is 0 Å². The third-order valence-corrected chi connectivity index (χ3v) is 5.81. The van der Waals surface area contributed by atoms with Crippen LogP contribution in [0.2, 0.25) is 0 Å². The molecule has 0 saturated heterocycles. The third kappa shape index (κ3) is 5.01. The molecule has 2 radical (unpaired) electrons. The van der Waals surface area contributed by atoms with Crippen molar-refractivity contribution in [3.63, 3.8) is 0 Å². The average Bonchev–Trinajstić information content (AvgIpc) is 3.47. The first kappa shape index (κ1) is 23.6. The van der Waals surface area contributed by atoms with Gasteiger partial charge >= 0.3 is 0 Å². The van der Waals surface area contributed by atoms with Crippen molar-refractivity contribution < 1.29 is 19.5 Å². The van der Waals surface area contributed by atoms with E-state index in [1.54, 1.807) is 0 Å². The summed E-state index contributed by atoms with van der Waals surface area (Å²) in [6.45, 7) is 0. The molecule has 0 spiro atoms. The van der Waals surface area contributed by atoms with Gasteiger partial charge in [0.2, 0.25) is 0 Å². The van der Waals surface area contributed by atoms with Crippen LogP contribution in [0.5, 0.6) is 0 Å². The van der Waals surface area contributed by atoms with Crippen LogP contribution in [0.15, 0.2) is 146 Å². The fraction of sp³-hybridized carbons (Fsp3) is 0. The van der Waals surface area contributed by atoms with Crippen LogP contribution in [-0.4, -0.2) is 0 Å². The van der Waals surface area contributed by atoms with Gasteiger partial charge in [0.15, 0.2) is 0 Å². The Morgan fingerprint density at radius 1 is 0.265 bits per heavy atom. The molecule has 0 heterocycles. The van der Waals surface area contributed by atoms with Crippen LogP contribution in [0.4, 0.5) is 0 Å². The van der Waals surface area contributed by atoms with E-state index in [4.69, 9.17) is 0 Å². The summed E-state index contributed by atoms with van der Waals surface area (Å²) in [7, 11) is 0. The molecule has 0 fully saturated rings. The molecule has 0 atom stereocenters. The van der Waals surface area contributed by atoms with E-state index in [1.165, 1.54) is 44.5 Å². The Balaban J connectivity index is 0.000000407. The summed E-state index contributed by atoms with van der Waals surface area (Å²) in [5, 5.41) is 0. The van der Waals surface area contributed by atoms with Crippen molar-refractivity contribution in [2.75, 3.05) is 0 Å². The maximum Gasteiger partial charge on any atom is 0.00506 e. The van der Waals surface area contributed by atoms with Gasteiger partial charge < -0.3 is 0 Å². The normalized spacial score (nSPS) is 13.6. The van der Waals surface area contributed by atoms with Crippen molar-refractivity contribution in [2.24, 2.45) is 0 Å². The molecular formula is C33H25Rh. The molecule has 0 nitrogen and oxygen atoms in total. The van der Waals surface area contributed by atoms with Crippen LogP contribution in [0, 0.1) is 6.42 Å². The summed E-state index contributed by atoms with van der Waals surface area (Å²) in [6.07, 6.45) is 10.0. The number of hydrogen-bond donors (Lipinski definition) is 0. The minimum Gasteiger partial charge on any atom is -0.0767 e. The van der Waals surface area contributed by atoms with E-state index in [2.05, 4.69) is 121 Å². The Labute approximate surface area is 215 Å². The summed E-state index contributed by atoms with van der Waals surface area (Å²) in [6, 6.07) is 43.0. The number of allylic oxidation sites excluding steroid dienone is 8. The van der Waals surface area contributed by atoms with E-state index in [0.29, 0.717) is 0 Å². The van der Waals surface area contributed by atoms with Gasteiger partial charge in [-0.05, 0) is 44.5 Å². The molecule has 34 heavy (non-hydrogen) atoms. The molecule has 0 N–H and O–H groups in total. The number of benzene rings is 4. The van der Waals surface area contributed by atoms with Crippen LogP contribution >= 0.6 is 0 Å². The topological polar surface area (TPSA) is 0 Å². The Hall–Kier alpha value is -3.54. The largest absolute Gasteiger partial charge is 0.0767 e. The van der Waals surface area contributed by atoms with E-state index in [-0.39, 0.29) is 19.5 Å². The van der Waals surface area contributed by atoms with Crippen molar-refractivity contribution in [1.82, 2.24) is 0 Å². The molecule has 0 bridgehead atoms. The molecule has 0 unspecified atom stereocenters. The van der Waals surface area contributed by atoms with Crippen molar-refractivity contribution in [3.8, 4) is 0 Å². The second-order valence-electron chi connectivity index (χ2n) is 7.93. The average molecular weight is 524 g/mol. The number of hydrogen-bond acceptors (Lipinski definition) is 0. The SMILES string of the molecule is [CH]1C=CC=C1.[Rh].c1ccc(C2=C(c3ccccc3)C(c3ccccc3)=C2c2ccccc2)cc1. The fourth-order valence-corrected chi connectivity index (χ4v) is 4.33. The van der Waals surface area contributed by atoms with Crippen molar-refractivity contribution in [3.05, 3.63) is 174 Å². The van der Waals surface area contributed by atoms with Crippen molar-refractivity contribution in [2.45, 2.75) is 0 Å². The van der Waals surface area contributed by atoms with Crippen molar-refractivity contribution >= 4 is 22.3 Å². The summed E-state index contributed by atoms with van der Waals surface area (Å²) >= 11 is 0. The molecule has 0 amide bonds. The maximum atomic E-state index is 2.21. The van der Waals surface area contributed by atoms with Crippen LogP contribution < -0.4 is 0 Å². The van der Waals surface area contributed by atoms with Crippen molar-refractivity contribution in [1.29, 1.82) is 0 Å². The standard InChI is InChI=1S/C28H20.C5H5.Rh/c1-5-13-21(14-6-1)25-26(22-15-7-2-8-16-22)28(24-19-11-4-12-20-24)27(25)23-17-9-3-10-18-23;1-2-4-5-3-1;/h1-20H;1-5H;. The predicted molar refractivity (Wildman–Crippen MR) is 142 cm³/mol. The van der Waals surface area contributed by atoms with Gasteiger partial charge in [-0.15, -0.1) is 0 Å². The number of rotatable bonds is 4. The van der Waals surface area contributed by atoms with Gasteiger partial charge in [0.25, 0.3) is 0 Å². The fourth-order valence-electron chi connectivity index (χ4n) is 4.33. The second kappa shape index (κ2) is 11.5. The van der Waals surface area contributed by atoms with Crippen LogP contribution in [0.25, 0.3) is 22.3 Å². The zero-order valence-corrected chi connectivity index (χ0v) is 20.4. The third-order valence-electron chi connectivity index (χ3n) is 5.81. The van der Waals surface area contributed by atoms with Gasteiger partial charge in [-0.3, -0.25) is 0 Å². The molecular weight excluding hydrogens is 499 g/mol. The molecule has 166 valence electrons. The first-order valence-electron chi connectivity index (χ1n) is 11.3. The summed E-state index contributed by atoms with van der Waals surface area (Å²) < 4.78 is 0. The van der Waals surface area contributed by atoms with Gasteiger partial charge in [-0.1, -0.05) is 146 Å². The van der Waals surface area contributed by atoms with Gasteiger partial charge in [0.05, 0.1) is 0 Å². The van der Waals surface area contributed by atoms with Crippen LogP contribution in [0.1, 0.15) is 22.3 Å². The second-order valence-corrected chi connectivity index (χ2v) is 7.93. The van der Waals surface area contributed by atoms with Gasteiger partial charge in [0, 0.05) is 25.9 Å². The van der Waals surface area contributed by atoms with Crippen LogP contribution in [-0.2, 0) is 19.5 Å². The first-order valence-corrected chi connectivity index (χ1v) is 11.3. The minimum absolute atomic E-state index is 0. The van der Waals surface area contributed by atoms with Gasteiger partial charge in [0.1, 0.15) is 0 Å². The smallest absolute Gasteiger partial charge is 0.00506 e. The molecule has 0 aliphatic heterocycles. The van der Waals surface area contributed by atoms with E-state index < -0.39 is 0 Å². The molecule has 4 aromatic rings. The zero-order valence-electron chi connectivity index (χ0n) is 18.8. The Bertz CT molecular complexity index is 1110. The Morgan fingerprint density at radius 2 is 0.500 bits per heavy atom. The van der Waals surface area contributed by atoms with E-state index in [1.807, 2.05) is 30.7 Å². The minimum atomic E-state index is 0. The monoisotopic (exact) mass is 524 g/mol. The zero-order chi connectivity index (χ0) is 22.3. The molecule has 1 heteroatoms. The molecule has 2 aliphatic carbocycles. The summed E-state index contributed by atoms with van der Waals surface area (Å²) in [5.41, 5.74) is 10.4. The summed E-state index contributed by atoms with van der Waals surface area (Å²) in [4.78, 5) is 0. The molecule has 0 aromatic heterocycles. The van der Waals surface area contributed by atoms with E-state index in [0.717, 1.165) is 0 Å². The predicted octanol–water partition coefficient (Wildman–Crippen LogP) is 8.54. The summed E-state index contributed by atoms with van der Waals surface area (Å²) in [5.74, 6) is 0. The molecule has 6 rings (SSSR count). The van der Waals surface area contributed by atoms with Crippen LogP contribution in [0.3, 0.4) is 0 Å². The maximum absolute atomic E-state index is 2.21. The molecule has 4 aromatic carbocycles. The van der Waals surface area contributed by atoms with Gasteiger partial charge in [-0.25, -0.2) is 0 Å².